The lowest BCUT2D eigenvalue weighted by atomic mass is 10.0. The van der Waals surface area contributed by atoms with Gasteiger partial charge in [-0.1, -0.05) is 27.7 Å². The molecule has 1 rings (SSSR count). The molecule has 0 aromatic heterocycles. The smallest absolute Gasteiger partial charge is 0.326 e. The van der Waals surface area contributed by atoms with Gasteiger partial charge in [0.15, 0.2) is 0 Å². The quantitative estimate of drug-likeness (QED) is 0.633. The molecular weight excluding hydrogens is 298 g/mol. The number of carbonyl (C=O) groups is 3. The van der Waals surface area contributed by atoms with Crippen LogP contribution in [0.1, 0.15) is 47.0 Å². The molecule has 1 aliphatic rings. The molecule has 4 N–H and O–H groups in total. The van der Waals surface area contributed by atoms with Crippen LogP contribution in [0.2, 0.25) is 0 Å². The molecule has 7 nitrogen and oxygen atoms in total. The molecule has 132 valence electrons. The van der Waals surface area contributed by atoms with Gasteiger partial charge in [0, 0.05) is 6.54 Å². The predicted molar refractivity (Wildman–Crippen MR) is 86.6 cm³/mol. The van der Waals surface area contributed by atoms with Crippen molar-refractivity contribution in [3.8, 4) is 0 Å². The second kappa shape index (κ2) is 8.29. The molecule has 0 bridgehead atoms. The van der Waals surface area contributed by atoms with Gasteiger partial charge in [-0.05, 0) is 31.1 Å². The Balaban J connectivity index is 2.77. The summed E-state index contributed by atoms with van der Waals surface area (Å²) in [5.41, 5.74) is 5.90. The van der Waals surface area contributed by atoms with E-state index < -0.39 is 30.0 Å². The van der Waals surface area contributed by atoms with Gasteiger partial charge in [-0.15, -0.1) is 0 Å². The van der Waals surface area contributed by atoms with Gasteiger partial charge >= 0.3 is 5.97 Å². The zero-order valence-electron chi connectivity index (χ0n) is 14.4. The summed E-state index contributed by atoms with van der Waals surface area (Å²) in [6.45, 7) is 8.00. The van der Waals surface area contributed by atoms with Crippen LogP contribution < -0.4 is 11.1 Å². The highest BCUT2D eigenvalue weighted by molar-refractivity contribution is 5.92. The lowest BCUT2D eigenvalue weighted by Gasteiger charge is -2.29. The summed E-state index contributed by atoms with van der Waals surface area (Å²) >= 11 is 0. The highest BCUT2D eigenvalue weighted by Gasteiger charge is 2.38. The highest BCUT2D eigenvalue weighted by Crippen LogP contribution is 2.20. The summed E-state index contributed by atoms with van der Waals surface area (Å²) in [7, 11) is 0. The second-order valence-electron chi connectivity index (χ2n) is 6.99. The van der Waals surface area contributed by atoms with E-state index in [2.05, 4.69) is 5.32 Å². The first-order chi connectivity index (χ1) is 10.6. The van der Waals surface area contributed by atoms with Crippen LogP contribution >= 0.6 is 0 Å². The van der Waals surface area contributed by atoms with E-state index in [1.54, 1.807) is 0 Å². The van der Waals surface area contributed by atoms with Gasteiger partial charge in [-0.3, -0.25) is 9.59 Å². The Morgan fingerprint density at radius 2 is 1.87 bits per heavy atom. The van der Waals surface area contributed by atoms with Gasteiger partial charge in [0.25, 0.3) is 0 Å². The van der Waals surface area contributed by atoms with Crippen molar-refractivity contribution >= 4 is 17.8 Å². The predicted octanol–water partition coefficient (Wildman–Crippen LogP) is 0.576. The van der Waals surface area contributed by atoms with Crippen LogP contribution in [0.25, 0.3) is 0 Å². The third kappa shape index (κ3) is 5.20. The fraction of sp³-hybridized carbons (Fsp3) is 0.812. The monoisotopic (exact) mass is 327 g/mol. The van der Waals surface area contributed by atoms with Crippen molar-refractivity contribution in [2.75, 3.05) is 6.54 Å². The molecule has 3 atom stereocenters. The van der Waals surface area contributed by atoms with Crippen molar-refractivity contribution in [3.63, 3.8) is 0 Å². The maximum Gasteiger partial charge on any atom is 0.326 e. The first-order valence-electron chi connectivity index (χ1n) is 8.24. The summed E-state index contributed by atoms with van der Waals surface area (Å²) in [6, 6.07) is -2.20. The van der Waals surface area contributed by atoms with Crippen molar-refractivity contribution in [2.24, 2.45) is 17.6 Å². The summed E-state index contributed by atoms with van der Waals surface area (Å²) in [5.74, 6) is -1.57. The van der Waals surface area contributed by atoms with Crippen LogP contribution in [0.15, 0.2) is 0 Å². The number of nitrogens with one attached hydrogen (secondary N) is 1. The van der Waals surface area contributed by atoms with Crippen LogP contribution in [-0.2, 0) is 14.4 Å². The number of rotatable bonds is 7. The van der Waals surface area contributed by atoms with Crippen LogP contribution in [-0.4, -0.2) is 52.5 Å². The van der Waals surface area contributed by atoms with E-state index in [-0.39, 0.29) is 17.7 Å². The number of carboxylic acid groups (broad SMARTS) is 1. The lowest BCUT2D eigenvalue weighted by Crippen LogP contribution is -2.54. The molecule has 0 saturated carbocycles. The number of nitrogens with two attached hydrogens (primary N) is 1. The molecule has 1 fully saturated rings. The van der Waals surface area contributed by atoms with Gasteiger partial charge in [-0.25, -0.2) is 4.79 Å². The van der Waals surface area contributed by atoms with Crippen molar-refractivity contribution < 1.29 is 19.5 Å². The Hall–Kier alpha value is -1.63. The van der Waals surface area contributed by atoms with Crippen LogP contribution in [0.5, 0.6) is 0 Å². The Morgan fingerprint density at radius 1 is 1.26 bits per heavy atom. The van der Waals surface area contributed by atoms with E-state index in [0.717, 1.165) is 6.42 Å². The molecule has 2 amide bonds. The van der Waals surface area contributed by atoms with Gasteiger partial charge < -0.3 is 21.1 Å². The molecule has 1 aliphatic heterocycles. The third-order valence-corrected chi connectivity index (χ3v) is 4.16. The number of carbonyl (C=O) groups excluding carboxylic acids is 2. The van der Waals surface area contributed by atoms with Crippen LogP contribution in [0.4, 0.5) is 0 Å². The Bertz CT molecular complexity index is 451. The maximum absolute atomic E-state index is 12.4. The van der Waals surface area contributed by atoms with Crippen molar-refractivity contribution in [1.29, 1.82) is 0 Å². The van der Waals surface area contributed by atoms with Gasteiger partial charge in [0.1, 0.15) is 12.1 Å². The molecule has 0 radical (unpaired) electrons. The summed E-state index contributed by atoms with van der Waals surface area (Å²) in [5, 5.41) is 11.8. The topological polar surface area (TPSA) is 113 Å². The van der Waals surface area contributed by atoms with Crippen molar-refractivity contribution in [2.45, 2.75) is 65.1 Å². The summed E-state index contributed by atoms with van der Waals surface area (Å²) in [4.78, 5) is 37.6. The molecule has 1 saturated heterocycles. The summed E-state index contributed by atoms with van der Waals surface area (Å²) in [6.07, 6.45) is 1.61. The number of carboxylic acids is 1. The zero-order chi connectivity index (χ0) is 17.7. The molecule has 0 aromatic carbocycles. The largest absolute Gasteiger partial charge is 0.480 e. The van der Waals surface area contributed by atoms with E-state index in [1.165, 1.54) is 4.90 Å². The SMILES string of the molecule is CC(C)CC(NC(=O)[C@@H]1CCCN1C(=O)C(N)C(C)C)C(=O)O. The minimum absolute atomic E-state index is 0.0143. The fourth-order valence-electron chi connectivity index (χ4n) is 2.74. The Labute approximate surface area is 137 Å². The maximum atomic E-state index is 12.4. The second-order valence-corrected chi connectivity index (χ2v) is 6.99. The molecule has 23 heavy (non-hydrogen) atoms. The molecular formula is C16H29N3O4. The molecule has 0 aromatic rings. The molecule has 0 aliphatic carbocycles. The number of hydrogen-bond acceptors (Lipinski definition) is 4. The molecule has 1 heterocycles. The van der Waals surface area contributed by atoms with Gasteiger partial charge in [0.05, 0.1) is 6.04 Å². The van der Waals surface area contributed by atoms with Gasteiger partial charge in [0.2, 0.25) is 11.8 Å². The number of nitrogens with zero attached hydrogens (tertiary/aromatic N) is 1. The van der Waals surface area contributed by atoms with E-state index in [9.17, 15) is 19.5 Å². The van der Waals surface area contributed by atoms with Crippen LogP contribution in [0, 0.1) is 11.8 Å². The number of hydrogen-bond donors (Lipinski definition) is 3. The molecule has 0 spiro atoms. The van der Waals surface area contributed by atoms with E-state index in [1.807, 2.05) is 27.7 Å². The molecule has 7 heteroatoms. The fourth-order valence-corrected chi connectivity index (χ4v) is 2.74. The Kier molecular flexibility index (Phi) is 7.00. The first-order valence-corrected chi connectivity index (χ1v) is 8.24. The minimum Gasteiger partial charge on any atom is -0.480 e. The van der Waals surface area contributed by atoms with Crippen molar-refractivity contribution in [3.05, 3.63) is 0 Å². The van der Waals surface area contributed by atoms with Crippen molar-refractivity contribution in [1.82, 2.24) is 10.2 Å². The van der Waals surface area contributed by atoms with Gasteiger partial charge in [-0.2, -0.15) is 0 Å². The van der Waals surface area contributed by atoms with E-state index in [0.29, 0.717) is 19.4 Å². The third-order valence-electron chi connectivity index (χ3n) is 4.16. The summed E-state index contributed by atoms with van der Waals surface area (Å²) < 4.78 is 0. The van der Waals surface area contributed by atoms with E-state index in [4.69, 9.17) is 5.73 Å². The lowest BCUT2D eigenvalue weighted by molar-refractivity contribution is -0.144. The normalized spacial score (nSPS) is 20.7. The first kappa shape index (κ1) is 19.4. The number of likely N-dealkylation sites (tertiary alicyclic amines) is 1. The minimum atomic E-state index is -1.05. The average Bonchev–Trinajstić information content (AvgIpc) is 2.93. The number of amides is 2. The average molecular weight is 327 g/mol. The molecule has 2 unspecified atom stereocenters. The number of aliphatic carboxylic acids is 1. The van der Waals surface area contributed by atoms with E-state index >= 15 is 0 Å². The highest BCUT2D eigenvalue weighted by atomic mass is 16.4. The standard InChI is InChI=1S/C16H29N3O4/c1-9(2)8-11(16(22)23)18-14(20)12-6-5-7-19(12)15(21)13(17)10(3)4/h9-13H,5-8,17H2,1-4H3,(H,18,20)(H,22,23)/t11?,12-,13?/m0/s1. The Morgan fingerprint density at radius 3 is 2.35 bits per heavy atom. The zero-order valence-corrected chi connectivity index (χ0v) is 14.4. The van der Waals surface area contributed by atoms with Crippen LogP contribution in [0.3, 0.4) is 0 Å².